The standard InChI is InChI=1S/C21H27N3O3/c1-4-23-11-13-24(14-12-23)17-7-5-16(6-8-17)22-21(25)19-10-9-18(26-2)15-20(19)27-3/h5-10,15H,4,11-14H2,1-3H3,(H,22,25). The summed E-state index contributed by atoms with van der Waals surface area (Å²) in [6.07, 6.45) is 0. The van der Waals surface area contributed by atoms with Gasteiger partial charge in [-0.2, -0.15) is 0 Å². The van der Waals surface area contributed by atoms with Crippen molar-refractivity contribution in [1.29, 1.82) is 0 Å². The second-order valence-corrected chi connectivity index (χ2v) is 6.49. The lowest BCUT2D eigenvalue weighted by atomic mass is 10.1. The van der Waals surface area contributed by atoms with E-state index in [1.54, 1.807) is 32.4 Å². The molecule has 0 saturated carbocycles. The maximum atomic E-state index is 12.6. The average molecular weight is 369 g/mol. The average Bonchev–Trinajstić information content (AvgIpc) is 2.73. The summed E-state index contributed by atoms with van der Waals surface area (Å²) in [5.41, 5.74) is 2.41. The van der Waals surface area contributed by atoms with Gasteiger partial charge in [-0.15, -0.1) is 0 Å². The van der Waals surface area contributed by atoms with Crippen LogP contribution in [0.15, 0.2) is 42.5 Å². The van der Waals surface area contributed by atoms with Gasteiger partial charge in [0.25, 0.3) is 5.91 Å². The zero-order valence-electron chi connectivity index (χ0n) is 16.2. The number of hydrogen-bond donors (Lipinski definition) is 1. The number of methoxy groups -OCH3 is 2. The highest BCUT2D eigenvalue weighted by Gasteiger charge is 2.16. The van der Waals surface area contributed by atoms with E-state index < -0.39 is 0 Å². The molecule has 6 heteroatoms. The number of likely N-dealkylation sites (N-methyl/N-ethyl adjacent to an activating group) is 1. The third-order valence-corrected chi connectivity index (χ3v) is 4.96. The number of benzene rings is 2. The molecule has 1 aliphatic heterocycles. The Labute approximate surface area is 160 Å². The maximum Gasteiger partial charge on any atom is 0.259 e. The van der Waals surface area contributed by atoms with Crippen LogP contribution in [0.3, 0.4) is 0 Å². The van der Waals surface area contributed by atoms with Crippen LogP contribution in [0.2, 0.25) is 0 Å². The molecule has 1 saturated heterocycles. The molecule has 2 aromatic rings. The number of ether oxygens (including phenoxy) is 2. The molecule has 0 radical (unpaired) electrons. The number of amides is 1. The van der Waals surface area contributed by atoms with Crippen molar-refractivity contribution >= 4 is 17.3 Å². The Kier molecular flexibility index (Phi) is 6.19. The minimum absolute atomic E-state index is 0.209. The van der Waals surface area contributed by atoms with Gasteiger partial charge in [0, 0.05) is 43.6 Å². The SMILES string of the molecule is CCN1CCN(c2ccc(NC(=O)c3ccc(OC)cc3OC)cc2)CC1. The fourth-order valence-electron chi connectivity index (χ4n) is 3.26. The molecule has 2 aromatic carbocycles. The lowest BCUT2D eigenvalue weighted by molar-refractivity contribution is 0.102. The fourth-order valence-corrected chi connectivity index (χ4v) is 3.26. The van der Waals surface area contributed by atoms with Crippen molar-refractivity contribution in [2.24, 2.45) is 0 Å². The number of carbonyl (C=O) groups is 1. The Morgan fingerprint density at radius 1 is 1.00 bits per heavy atom. The van der Waals surface area contributed by atoms with E-state index in [9.17, 15) is 4.79 Å². The molecule has 144 valence electrons. The first-order chi connectivity index (χ1) is 13.1. The van der Waals surface area contributed by atoms with Crippen molar-refractivity contribution in [1.82, 2.24) is 4.90 Å². The monoisotopic (exact) mass is 369 g/mol. The summed E-state index contributed by atoms with van der Waals surface area (Å²) < 4.78 is 10.5. The molecule has 0 aliphatic carbocycles. The molecule has 1 fully saturated rings. The quantitative estimate of drug-likeness (QED) is 0.848. The number of nitrogens with zero attached hydrogens (tertiary/aromatic N) is 2. The molecule has 0 atom stereocenters. The van der Waals surface area contributed by atoms with Crippen LogP contribution in [0.4, 0.5) is 11.4 Å². The summed E-state index contributed by atoms with van der Waals surface area (Å²) in [6.45, 7) is 7.54. The Morgan fingerprint density at radius 3 is 2.30 bits per heavy atom. The van der Waals surface area contributed by atoms with E-state index in [-0.39, 0.29) is 5.91 Å². The molecule has 3 rings (SSSR count). The van der Waals surface area contributed by atoms with Crippen molar-refractivity contribution in [2.45, 2.75) is 6.92 Å². The molecule has 6 nitrogen and oxygen atoms in total. The number of rotatable bonds is 6. The number of piperazine rings is 1. The van der Waals surface area contributed by atoms with Gasteiger partial charge in [-0.05, 0) is 42.9 Å². The zero-order valence-corrected chi connectivity index (χ0v) is 16.2. The van der Waals surface area contributed by atoms with Gasteiger partial charge in [0.2, 0.25) is 0 Å². The molecule has 0 bridgehead atoms. The number of carbonyl (C=O) groups excluding carboxylic acids is 1. The largest absolute Gasteiger partial charge is 0.497 e. The van der Waals surface area contributed by atoms with Crippen molar-refractivity contribution in [3.63, 3.8) is 0 Å². The van der Waals surface area contributed by atoms with E-state index in [4.69, 9.17) is 9.47 Å². The Bertz CT molecular complexity index is 769. The summed E-state index contributed by atoms with van der Waals surface area (Å²) in [7, 11) is 3.12. The minimum Gasteiger partial charge on any atom is -0.497 e. The highest BCUT2D eigenvalue weighted by atomic mass is 16.5. The van der Waals surface area contributed by atoms with E-state index in [0.29, 0.717) is 17.1 Å². The van der Waals surface area contributed by atoms with E-state index >= 15 is 0 Å². The van der Waals surface area contributed by atoms with Crippen molar-refractivity contribution < 1.29 is 14.3 Å². The van der Waals surface area contributed by atoms with Crippen molar-refractivity contribution in [2.75, 3.05) is 57.2 Å². The van der Waals surface area contributed by atoms with Gasteiger partial charge in [0.1, 0.15) is 11.5 Å². The van der Waals surface area contributed by atoms with Crippen LogP contribution in [0.5, 0.6) is 11.5 Å². The van der Waals surface area contributed by atoms with Crippen molar-refractivity contribution in [3.8, 4) is 11.5 Å². The van der Waals surface area contributed by atoms with Gasteiger partial charge in [-0.25, -0.2) is 0 Å². The van der Waals surface area contributed by atoms with Crippen LogP contribution in [0, 0.1) is 0 Å². The zero-order chi connectivity index (χ0) is 19.2. The molecular formula is C21H27N3O3. The Balaban J connectivity index is 1.65. The lowest BCUT2D eigenvalue weighted by Crippen LogP contribution is -2.46. The molecule has 1 aliphatic rings. The molecule has 1 heterocycles. The van der Waals surface area contributed by atoms with Gasteiger partial charge in [0.05, 0.1) is 19.8 Å². The second kappa shape index (κ2) is 8.77. The summed E-state index contributed by atoms with van der Waals surface area (Å²) in [4.78, 5) is 17.4. The van der Waals surface area contributed by atoms with Crippen molar-refractivity contribution in [3.05, 3.63) is 48.0 Å². The van der Waals surface area contributed by atoms with E-state index in [1.807, 2.05) is 12.1 Å². The summed E-state index contributed by atoms with van der Waals surface area (Å²) in [5, 5.41) is 2.93. The Hall–Kier alpha value is -2.73. The Morgan fingerprint density at radius 2 is 1.70 bits per heavy atom. The summed E-state index contributed by atoms with van der Waals surface area (Å²) >= 11 is 0. The van der Waals surface area contributed by atoms with Crippen LogP contribution in [0.1, 0.15) is 17.3 Å². The van der Waals surface area contributed by atoms with Crippen LogP contribution >= 0.6 is 0 Å². The number of hydrogen-bond acceptors (Lipinski definition) is 5. The van der Waals surface area contributed by atoms with Gasteiger partial charge in [-0.3, -0.25) is 4.79 Å². The molecule has 27 heavy (non-hydrogen) atoms. The maximum absolute atomic E-state index is 12.6. The highest BCUT2D eigenvalue weighted by Crippen LogP contribution is 2.26. The molecule has 1 amide bonds. The van der Waals surface area contributed by atoms with E-state index in [2.05, 4.69) is 34.2 Å². The summed E-state index contributed by atoms with van der Waals surface area (Å²) in [6, 6.07) is 13.1. The normalized spacial score (nSPS) is 14.7. The first-order valence-corrected chi connectivity index (χ1v) is 9.25. The van der Waals surface area contributed by atoms with Crippen LogP contribution < -0.4 is 19.7 Å². The fraction of sp³-hybridized carbons (Fsp3) is 0.381. The van der Waals surface area contributed by atoms with Crippen LogP contribution in [-0.4, -0.2) is 57.8 Å². The van der Waals surface area contributed by atoms with Gasteiger partial charge >= 0.3 is 0 Å². The van der Waals surface area contributed by atoms with Gasteiger partial charge in [0.15, 0.2) is 0 Å². The predicted octanol–water partition coefficient (Wildman–Crippen LogP) is 3.10. The van der Waals surface area contributed by atoms with Crippen LogP contribution in [-0.2, 0) is 0 Å². The second-order valence-electron chi connectivity index (χ2n) is 6.49. The predicted molar refractivity (Wildman–Crippen MR) is 108 cm³/mol. The molecule has 0 unspecified atom stereocenters. The highest BCUT2D eigenvalue weighted by molar-refractivity contribution is 6.06. The molecule has 0 aromatic heterocycles. The third-order valence-electron chi connectivity index (χ3n) is 4.96. The summed E-state index contributed by atoms with van der Waals surface area (Å²) in [5.74, 6) is 0.923. The first kappa shape index (κ1) is 19.0. The third kappa shape index (κ3) is 4.52. The van der Waals surface area contributed by atoms with E-state index in [1.165, 1.54) is 5.69 Å². The topological polar surface area (TPSA) is 54.0 Å². The minimum atomic E-state index is -0.209. The lowest BCUT2D eigenvalue weighted by Gasteiger charge is -2.35. The van der Waals surface area contributed by atoms with Gasteiger partial charge < -0.3 is 24.6 Å². The molecular weight excluding hydrogens is 342 g/mol. The first-order valence-electron chi connectivity index (χ1n) is 9.25. The van der Waals surface area contributed by atoms with Gasteiger partial charge in [-0.1, -0.05) is 6.92 Å². The number of anilines is 2. The number of nitrogens with one attached hydrogen (secondary N) is 1. The van der Waals surface area contributed by atoms with Crippen LogP contribution in [0.25, 0.3) is 0 Å². The molecule has 0 spiro atoms. The van der Waals surface area contributed by atoms with E-state index in [0.717, 1.165) is 38.4 Å². The smallest absolute Gasteiger partial charge is 0.259 e. The molecule has 1 N–H and O–H groups in total.